The molecule has 0 radical (unpaired) electrons. The molecular weight excluding hydrogens is 318 g/mol. The van der Waals surface area contributed by atoms with E-state index >= 15 is 0 Å². The fraction of sp³-hybridized carbons (Fsp3) is 0.533. The molecule has 23 heavy (non-hydrogen) atoms. The Morgan fingerprint density at radius 2 is 2.13 bits per heavy atom. The minimum Gasteiger partial charge on any atom is -0.383 e. The number of methoxy groups -OCH3 is 1. The van der Waals surface area contributed by atoms with Gasteiger partial charge in [0, 0.05) is 34.3 Å². The Morgan fingerprint density at radius 3 is 2.65 bits per heavy atom. The highest BCUT2D eigenvalue weighted by molar-refractivity contribution is 7.07. The Bertz CT molecular complexity index is 575. The molecule has 4 amide bonds. The van der Waals surface area contributed by atoms with Crippen LogP contribution in [0.3, 0.4) is 0 Å². The van der Waals surface area contributed by atoms with E-state index in [0.717, 1.165) is 10.5 Å². The van der Waals surface area contributed by atoms with E-state index in [0.29, 0.717) is 19.7 Å². The summed E-state index contributed by atoms with van der Waals surface area (Å²) in [6.45, 7) is 1.34. The molecule has 1 fully saturated rings. The molecule has 0 saturated carbocycles. The number of carbonyl (C=O) groups excluding carboxylic acids is 3. The molecule has 0 spiro atoms. The number of rotatable bonds is 7. The van der Waals surface area contributed by atoms with Gasteiger partial charge in [-0.15, -0.1) is 0 Å². The van der Waals surface area contributed by atoms with E-state index in [4.69, 9.17) is 4.74 Å². The summed E-state index contributed by atoms with van der Waals surface area (Å²) in [6, 6.07) is 0.851. The standard InChI is InChI=1S/C15H21N3O4S/c1-16-12(14(20)17(2)15(16)21)8-13(19)18(5-6-22-3)9-11-4-7-23-10-11/h4,7,10,12H,5-6,8-9H2,1-3H3/t12-/m0/s1. The molecule has 0 unspecified atom stereocenters. The van der Waals surface area contributed by atoms with Crippen LogP contribution in [-0.2, 0) is 20.9 Å². The lowest BCUT2D eigenvalue weighted by molar-refractivity contribution is -0.137. The first-order valence-electron chi connectivity index (χ1n) is 7.27. The van der Waals surface area contributed by atoms with Crippen LogP contribution in [0.4, 0.5) is 4.79 Å². The largest absolute Gasteiger partial charge is 0.383 e. The van der Waals surface area contributed by atoms with Gasteiger partial charge < -0.3 is 14.5 Å². The molecule has 0 bridgehead atoms. The van der Waals surface area contributed by atoms with Crippen molar-refractivity contribution < 1.29 is 19.1 Å². The zero-order valence-corrected chi connectivity index (χ0v) is 14.3. The van der Waals surface area contributed by atoms with Gasteiger partial charge in [0.05, 0.1) is 13.0 Å². The number of likely N-dealkylation sites (N-methyl/N-ethyl adjacent to an activating group) is 2. The summed E-state index contributed by atoms with van der Waals surface area (Å²) in [6.07, 6.45) is -0.0146. The number of urea groups is 1. The summed E-state index contributed by atoms with van der Waals surface area (Å²) in [5, 5.41) is 3.94. The van der Waals surface area contributed by atoms with Crippen LogP contribution in [0, 0.1) is 0 Å². The molecule has 8 heteroatoms. The molecule has 0 aromatic carbocycles. The van der Waals surface area contributed by atoms with E-state index < -0.39 is 6.04 Å². The third-order valence-electron chi connectivity index (χ3n) is 3.91. The molecule has 1 saturated heterocycles. The topological polar surface area (TPSA) is 70.2 Å². The molecule has 1 aromatic rings. The van der Waals surface area contributed by atoms with Crippen molar-refractivity contribution in [3.8, 4) is 0 Å². The van der Waals surface area contributed by atoms with Gasteiger partial charge in [-0.25, -0.2) is 4.79 Å². The maximum atomic E-state index is 12.6. The maximum absolute atomic E-state index is 12.6. The number of nitrogens with zero attached hydrogens (tertiary/aromatic N) is 3. The van der Waals surface area contributed by atoms with Crippen molar-refractivity contribution in [2.24, 2.45) is 0 Å². The van der Waals surface area contributed by atoms with Crippen molar-refractivity contribution >= 4 is 29.2 Å². The highest BCUT2D eigenvalue weighted by atomic mass is 32.1. The predicted octanol–water partition coefficient (Wildman–Crippen LogP) is 1.01. The van der Waals surface area contributed by atoms with Gasteiger partial charge in [0.15, 0.2) is 0 Å². The van der Waals surface area contributed by atoms with Crippen molar-refractivity contribution in [3.05, 3.63) is 22.4 Å². The SMILES string of the molecule is COCCN(Cc1ccsc1)C(=O)C[C@H]1C(=O)N(C)C(=O)N1C. The summed E-state index contributed by atoms with van der Waals surface area (Å²) in [4.78, 5) is 40.5. The molecule has 1 aromatic heterocycles. The van der Waals surface area contributed by atoms with Crippen molar-refractivity contribution in [1.82, 2.24) is 14.7 Å². The third kappa shape index (κ3) is 3.89. The quantitative estimate of drug-likeness (QED) is 0.695. The van der Waals surface area contributed by atoms with Crippen LogP contribution in [0.2, 0.25) is 0 Å². The molecule has 7 nitrogen and oxygen atoms in total. The van der Waals surface area contributed by atoms with Crippen LogP contribution < -0.4 is 0 Å². The van der Waals surface area contributed by atoms with Crippen molar-refractivity contribution in [2.45, 2.75) is 19.0 Å². The Hall–Kier alpha value is -1.93. The van der Waals surface area contributed by atoms with E-state index in [1.807, 2.05) is 16.8 Å². The fourth-order valence-electron chi connectivity index (χ4n) is 2.47. The van der Waals surface area contributed by atoms with Gasteiger partial charge in [-0.3, -0.25) is 14.5 Å². The van der Waals surface area contributed by atoms with Gasteiger partial charge in [-0.2, -0.15) is 11.3 Å². The van der Waals surface area contributed by atoms with Gasteiger partial charge in [0.2, 0.25) is 5.91 Å². The first kappa shape index (κ1) is 17.4. The lowest BCUT2D eigenvalue weighted by Gasteiger charge is -2.24. The van der Waals surface area contributed by atoms with Crippen molar-refractivity contribution in [3.63, 3.8) is 0 Å². The van der Waals surface area contributed by atoms with Crippen molar-refractivity contribution in [1.29, 1.82) is 0 Å². The summed E-state index contributed by atoms with van der Waals surface area (Å²) in [5.41, 5.74) is 1.04. The molecular formula is C15H21N3O4S. The first-order valence-corrected chi connectivity index (χ1v) is 8.22. The Balaban J connectivity index is 2.05. The Morgan fingerprint density at radius 1 is 1.39 bits per heavy atom. The summed E-state index contributed by atoms with van der Waals surface area (Å²) < 4.78 is 5.06. The van der Waals surface area contributed by atoms with Crippen molar-refractivity contribution in [2.75, 3.05) is 34.4 Å². The van der Waals surface area contributed by atoms with Gasteiger partial charge in [-0.05, 0) is 22.4 Å². The second-order valence-corrected chi connectivity index (χ2v) is 6.23. The summed E-state index contributed by atoms with van der Waals surface area (Å²) >= 11 is 1.57. The van der Waals surface area contributed by atoms with Crippen LogP contribution in [0.25, 0.3) is 0 Å². The minimum absolute atomic E-state index is 0.0146. The predicted molar refractivity (Wildman–Crippen MR) is 85.9 cm³/mol. The number of amides is 4. The van der Waals surface area contributed by atoms with Crippen LogP contribution in [-0.4, -0.2) is 72.9 Å². The monoisotopic (exact) mass is 339 g/mol. The lowest BCUT2D eigenvalue weighted by atomic mass is 10.1. The number of ether oxygens (including phenoxy) is 1. The third-order valence-corrected chi connectivity index (χ3v) is 4.64. The van der Waals surface area contributed by atoms with E-state index in [2.05, 4.69) is 0 Å². The highest BCUT2D eigenvalue weighted by Crippen LogP contribution is 2.19. The maximum Gasteiger partial charge on any atom is 0.326 e. The lowest BCUT2D eigenvalue weighted by Crippen LogP contribution is -2.40. The average Bonchev–Trinajstić information content (AvgIpc) is 3.11. The molecule has 2 rings (SSSR count). The Labute approximate surface area is 139 Å². The average molecular weight is 339 g/mol. The molecule has 1 atom stereocenters. The molecule has 1 aliphatic rings. The highest BCUT2D eigenvalue weighted by Gasteiger charge is 2.42. The fourth-order valence-corrected chi connectivity index (χ4v) is 3.13. The first-order chi connectivity index (χ1) is 11.0. The minimum atomic E-state index is -0.729. The normalized spacial score (nSPS) is 18.0. The molecule has 1 aliphatic heterocycles. The molecule has 126 valence electrons. The zero-order valence-electron chi connectivity index (χ0n) is 13.5. The van der Waals surface area contributed by atoms with E-state index in [1.165, 1.54) is 11.9 Å². The van der Waals surface area contributed by atoms with Crippen LogP contribution in [0.15, 0.2) is 16.8 Å². The zero-order chi connectivity index (χ0) is 17.0. The second-order valence-electron chi connectivity index (χ2n) is 5.45. The Kier molecular flexibility index (Phi) is 5.73. The van der Waals surface area contributed by atoms with Crippen LogP contribution in [0.1, 0.15) is 12.0 Å². The van der Waals surface area contributed by atoms with E-state index in [9.17, 15) is 14.4 Å². The number of hydrogen-bond acceptors (Lipinski definition) is 5. The number of hydrogen-bond donors (Lipinski definition) is 0. The van der Waals surface area contributed by atoms with Gasteiger partial charge >= 0.3 is 6.03 Å². The molecule has 0 aliphatic carbocycles. The van der Waals surface area contributed by atoms with E-state index in [1.54, 1.807) is 30.4 Å². The van der Waals surface area contributed by atoms with E-state index in [-0.39, 0.29) is 24.3 Å². The number of imide groups is 1. The second kappa shape index (κ2) is 7.56. The van der Waals surface area contributed by atoms with Gasteiger partial charge in [-0.1, -0.05) is 0 Å². The van der Waals surface area contributed by atoms with Crippen LogP contribution in [0.5, 0.6) is 0 Å². The summed E-state index contributed by atoms with van der Waals surface area (Å²) in [5.74, 6) is -0.505. The summed E-state index contributed by atoms with van der Waals surface area (Å²) in [7, 11) is 4.55. The molecule has 2 heterocycles. The van der Waals surface area contributed by atoms with Gasteiger partial charge in [0.25, 0.3) is 5.91 Å². The van der Waals surface area contributed by atoms with Gasteiger partial charge in [0.1, 0.15) is 6.04 Å². The smallest absolute Gasteiger partial charge is 0.326 e. The molecule has 0 N–H and O–H groups in total. The van der Waals surface area contributed by atoms with Crippen LogP contribution >= 0.6 is 11.3 Å². The number of thiophene rings is 1. The number of carbonyl (C=O) groups is 3.